The Balaban J connectivity index is 1.86. The smallest absolute Gasteiger partial charge is 0.254 e. The molecule has 0 saturated carbocycles. The number of fused-ring (bicyclic) bond motifs is 1. The summed E-state index contributed by atoms with van der Waals surface area (Å²) in [5.41, 5.74) is 10.3. The molecule has 6 heteroatoms. The Kier molecular flexibility index (Phi) is 5.13. The molecule has 1 aliphatic rings. The van der Waals surface area contributed by atoms with Crippen molar-refractivity contribution in [1.82, 2.24) is 19.7 Å². The monoisotopic (exact) mass is 391 g/mol. The van der Waals surface area contributed by atoms with Crippen LogP contribution in [-0.4, -0.2) is 44.7 Å². The molecule has 2 unspecified atom stereocenters. The van der Waals surface area contributed by atoms with Crippen LogP contribution in [0.3, 0.4) is 0 Å². The summed E-state index contributed by atoms with van der Waals surface area (Å²) >= 11 is 0. The van der Waals surface area contributed by atoms with Gasteiger partial charge in [0.1, 0.15) is 0 Å². The summed E-state index contributed by atoms with van der Waals surface area (Å²) in [5.74, 6) is 0.402. The summed E-state index contributed by atoms with van der Waals surface area (Å²) in [7, 11) is 0. The number of benzene rings is 1. The second-order valence-electron chi connectivity index (χ2n) is 8.49. The fraction of sp³-hybridized carbons (Fsp3) is 0.435. The standard InChI is InChI=1S/C23H29N5O/c1-14(2)28-22-20(12-25-28)19(23(29)27-13-17(11-24)9-16(27)4)10-21(26-22)18-7-5-15(3)6-8-18/h5-8,10,12,14,16-17H,9,11,13,24H2,1-4H3. The number of rotatable bonds is 4. The Hall–Kier alpha value is -2.73. The van der Waals surface area contributed by atoms with Gasteiger partial charge in [-0.3, -0.25) is 4.79 Å². The van der Waals surface area contributed by atoms with Crippen molar-refractivity contribution in [3.8, 4) is 11.3 Å². The van der Waals surface area contributed by atoms with Gasteiger partial charge in [-0.25, -0.2) is 9.67 Å². The van der Waals surface area contributed by atoms with E-state index in [4.69, 9.17) is 10.7 Å². The first-order chi connectivity index (χ1) is 13.9. The molecule has 1 fully saturated rings. The SMILES string of the molecule is Cc1ccc(-c2cc(C(=O)N3CC(CN)CC3C)c3cnn(C(C)C)c3n2)cc1. The van der Waals surface area contributed by atoms with E-state index in [-0.39, 0.29) is 18.0 Å². The number of likely N-dealkylation sites (tertiary alicyclic amines) is 1. The van der Waals surface area contributed by atoms with Crippen molar-refractivity contribution in [3.63, 3.8) is 0 Å². The molecular weight excluding hydrogens is 362 g/mol. The van der Waals surface area contributed by atoms with Gasteiger partial charge in [0.2, 0.25) is 0 Å². The van der Waals surface area contributed by atoms with E-state index in [1.54, 1.807) is 6.20 Å². The molecule has 2 atom stereocenters. The molecule has 2 N–H and O–H groups in total. The molecule has 0 bridgehead atoms. The maximum Gasteiger partial charge on any atom is 0.254 e. The number of aromatic nitrogens is 3. The van der Waals surface area contributed by atoms with Crippen LogP contribution >= 0.6 is 0 Å². The van der Waals surface area contributed by atoms with Crippen LogP contribution < -0.4 is 5.73 Å². The van der Waals surface area contributed by atoms with Crippen LogP contribution in [0.2, 0.25) is 0 Å². The average molecular weight is 392 g/mol. The predicted octanol–water partition coefficient (Wildman–Crippen LogP) is 3.80. The van der Waals surface area contributed by atoms with Crippen molar-refractivity contribution >= 4 is 16.9 Å². The van der Waals surface area contributed by atoms with Gasteiger partial charge in [-0.15, -0.1) is 0 Å². The van der Waals surface area contributed by atoms with Gasteiger partial charge in [0.25, 0.3) is 5.91 Å². The lowest BCUT2D eigenvalue weighted by Crippen LogP contribution is -2.34. The normalized spacial score (nSPS) is 19.4. The van der Waals surface area contributed by atoms with E-state index in [0.29, 0.717) is 24.6 Å². The zero-order chi connectivity index (χ0) is 20.7. The number of hydrogen-bond acceptors (Lipinski definition) is 4. The van der Waals surface area contributed by atoms with Gasteiger partial charge >= 0.3 is 0 Å². The third-order valence-corrected chi connectivity index (χ3v) is 5.89. The summed E-state index contributed by atoms with van der Waals surface area (Å²) in [5, 5.41) is 5.34. The minimum absolute atomic E-state index is 0.0394. The molecule has 3 aromatic rings. The van der Waals surface area contributed by atoms with Crippen molar-refractivity contribution in [2.24, 2.45) is 11.7 Å². The molecule has 1 amide bonds. The van der Waals surface area contributed by atoms with Crippen LogP contribution in [0.15, 0.2) is 36.5 Å². The molecule has 3 heterocycles. The first-order valence-corrected chi connectivity index (χ1v) is 10.4. The van der Waals surface area contributed by atoms with Crippen molar-refractivity contribution in [3.05, 3.63) is 47.7 Å². The maximum atomic E-state index is 13.6. The molecule has 0 aliphatic carbocycles. The zero-order valence-corrected chi connectivity index (χ0v) is 17.6. The second-order valence-corrected chi connectivity index (χ2v) is 8.49. The van der Waals surface area contributed by atoms with Gasteiger partial charge in [-0.1, -0.05) is 29.8 Å². The van der Waals surface area contributed by atoms with Gasteiger partial charge in [-0.05, 0) is 52.6 Å². The molecule has 1 saturated heterocycles. The minimum atomic E-state index is 0.0394. The molecule has 1 aliphatic heterocycles. The topological polar surface area (TPSA) is 77.0 Å². The van der Waals surface area contributed by atoms with Gasteiger partial charge in [-0.2, -0.15) is 5.10 Å². The Morgan fingerprint density at radius 3 is 2.62 bits per heavy atom. The van der Waals surface area contributed by atoms with Crippen LogP contribution in [0, 0.1) is 12.8 Å². The Morgan fingerprint density at radius 1 is 1.28 bits per heavy atom. The number of hydrogen-bond donors (Lipinski definition) is 1. The highest BCUT2D eigenvalue weighted by atomic mass is 16.2. The molecular formula is C23H29N5O. The van der Waals surface area contributed by atoms with Gasteiger partial charge in [0.15, 0.2) is 5.65 Å². The molecule has 0 radical (unpaired) electrons. The van der Waals surface area contributed by atoms with E-state index >= 15 is 0 Å². The van der Waals surface area contributed by atoms with Crippen LogP contribution in [0.1, 0.15) is 49.2 Å². The van der Waals surface area contributed by atoms with Crippen molar-refractivity contribution in [2.45, 2.75) is 46.2 Å². The molecule has 152 valence electrons. The lowest BCUT2D eigenvalue weighted by atomic mass is 10.0. The number of carbonyl (C=O) groups is 1. The first-order valence-electron chi connectivity index (χ1n) is 10.4. The van der Waals surface area contributed by atoms with Crippen LogP contribution in [0.5, 0.6) is 0 Å². The van der Waals surface area contributed by atoms with Crippen LogP contribution in [-0.2, 0) is 0 Å². The lowest BCUT2D eigenvalue weighted by molar-refractivity contribution is 0.0745. The van der Waals surface area contributed by atoms with E-state index in [1.807, 2.05) is 15.6 Å². The molecule has 1 aromatic carbocycles. The number of aryl methyl sites for hydroxylation is 1. The van der Waals surface area contributed by atoms with Crippen molar-refractivity contribution in [1.29, 1.82) is 0 Å². The Bertz CT molecular complexity index is 1040. The van der Waals surface area contributed by atoms with Crippen molar-refractivity contribution in [2.75, 3.05) is 13.1 Å². The third kappa shape index (κ3) is 3.53. The lowest BCUT2D eigenvalue weighted by Gasteiger charge is -2.22. The zero-order valence-electron chi connectivity index (χ0n) is 17.6. The summed E-state index contributed by atoms with van der Waals surface area (Å²) in [4.78, 5) is 20.4. The van der Waals surface area contributed by atoms with E-state index in [1.165, 1.54) is 5.56 Å². The van der Waals surface area contributed by atoms with Gasteiger partial charge < -0.3 is 10.6 Å². The number of carbonyl (C=O) groups excluding carboxylic acids is 1. The molecule has 29 heavy (non-hydrogen) atoms. The van der Waals surface area contributed by atoms with Crippen molar-refractivity contribution < 1.29 is 4.79 Å². The number of nitrogens with zero attached hydrogens (tertiary/aromatic N) is 4. The van der Waals surface area contributed by atoms with Gasteiger partial charge in [0, 0.05) is 24.2 Å². The fourth-order valence-corrected chi connectivity index (χ4v) is 4.20. The van der Waals surface area contributed by atoms with Crippen LogP contribution in [0.4, 0.5) is 0 Å². The molecule has 4 rings (SSSR count). The fourth-order valence-electron chi connectivity index (χ4n) is 4.20. The number of amides is 1. The van der Waals surface area contributed by atoms with E-state index < -0.39 is 0 Å². The first kappa shape index (κ1) is 19.6. The van der Waals surface area contributed by atoms with E-state index in [0.717, 1.165) is 28.7 Å². The molecule has 6 nitrogen and oxygen atoms in total. The maximum absolute atomic E-state index is 13.6. The summed E-state index contributed by atoms with van der Waals surface area (Å²) in [6.45, 7) is 9.62. The predicted molar refractivity (Wildman–Crippen MR) is 116 cm³/mol. The average Bonchev–Trinajstić information content (AvgIpc) is 3.30. The van der Waals surface area contributed by atoms with E-state index in [9.17, 15) is 4.79 Å². The molecule has 2 aromatic heterocycles. The minimum Gasteiger partial charge on any atom is -0.336 e. The number of pyridine rings is 1. The summed E-state index contributed by atoms with van der Waals surface area (Å²) in [6, 6.07) is 10.5. The van der Waals surface area contributed by atoms with E-state index in [2.05, 4.69) is 57.1 Å². The highest BCUT2D eigenvalue weighted by molar-refractivity contribution is 6.06. The highest BCUT2D eigenvalue weighted by Gasteiger charge is 2.33. The Labute approximate surface area is 171 Å². The summed E-state index contributed by atoms with van der Waals surface area (Å²) < 4.78 is 1.89. The highest BCUT2D eigenvalue weighted by Crippen LogP contribution is 2.30. The van der Waals surface area contributed by atoms with Gasteiger partial charge in [0.05, 0.1) is 22.8 Å². The second kappa shape index (κ2) is 7.59. The largest absolute Gasteiger partial charge is 0.336 e. The quantitative estimate of drug-likeness (QED) is 0.734. The number of nitrogens with two attached hydrogens (primary N) is 1. The third-order valence-electron chi connectivity index (χ3n) is 5.89. The Morgan fingerprint density at radius 2 is 2.00 bits per heavy atom. The summed E-state index contributed by atoms with van der Waals surface area (Å²) in [6.07, 6.45) is 2.72. The van der Waals surface area contributed by atoms with Crippen LogP contribution in [0.25, 0.3) is 22.3 Å². The molecule has 0 spiro atoms.